The average molecular weight is 138 g/mol. The van der Waals surface area contributed by atoms with Gasteiger partial charge < -0.3 is 0 Å². The largest absolute Gasteiger partial charge is 0.279 e. The van der Waals surface area contributed by atoms with Crippen LogP contribution in [0, 0.1) is 0 Å². The van der Waals surface area contributed by atoms with E-state index in [-0.39, 0.29) is 5.57 Å². The second-order valence-electron chi connectivity index (χ2n) is 1.59. The molecule has 1 unspecified atom stereocenters. The van der Waals surface area contributed by atoms with Gasteiger partial charge in [0.15, 0.2) is 0 Å². The summed E-state index contributed by atoms with van der Waals surface area (Å²) in [7, 11) is 1.47. The second kappa shape index (κ2) is 2.54. The van der Waals surface area contributed by atoms with E-state index in [9.17, 15) is 8.78 Å². The van der Waals surface area contributed by atoms with Crippen molar-refractivity contribution in [2.45, 2.75) is 19.5 Å². The Morgan fingerprint density at radius 1 is 1.62 bits per heavy atom. The van der Waals surface area contributed by atoms with Crippen LogP contribution in [0.5, 0.6) is 0 Å². The van der Waals surface area contributed by atoms with Crippen molar-refractivity contribution >= 4 is 9.24 Å². The molecule has 0 N–H and O–H groups in total. The Morgan fingerprint density at radius 2 is 2.00 bits per heavy atom. The predicted molar refractivity (Wildman–Crippen MR) is 34.1 cm³/mol. The zero-order valence-electron chi connectivity index (χ0n) is 4.91. The van der Waals surface area contributed by atoms with Crippen LogP contribution in [0.2, 0.25) is 0 Å². The fourth-order valence-corrected chi connectivity index (χ4v) is 0.359. The van der Waals surface area contributed by atoms with Gasteiger partial charge in [0.25, 0.3) is 5.66 Å². The van der Waals surface area contributed by atoms with E-state index in [1.54, 1.807) is 6.92 Å². The van der Waals surface area contributed by atoms with Crippen LogP contribution in [-0.2, 0) is 0 Å². The van der Waals surface area contributed by atoms with Crippen LogP contribution in [0.15, 0.2) is 11.6 Å². The molecule has 0 aliphatic rings. The van der Waals surface area contributed by atoms with Gasteiger partial charge in [0.1, 0.15) is 0 Å². The minimum atomic E-state index is -2.71. The highest BCUT2D eigenvalue weighted by atomic mass is 31.0. The number of hydrogen-bond donors (Lipinski definition) is 0. The molecule has 0 fully saturated rings. The molecule has 1 atom stereocenters. The Hall–Kier alpha value is 0.0300. The highest BCUT2D eigenvalue weighted by molar-refractivity contribution is 7.18. The molecule has 0 heterocycles. The molecule has 0 spiro atoms. The standard InChI is InChI=1S/C5H9F2P/c1-3-4(2)5(6,7)8/h3H,8H2,1-2H3/b4-3+. The molecule has 0 nitrogen and oxygen atoms in total. The van der Waals surface area contributed by atoms with Crippen LogP contribution in [0.4, 0.5) is 8.78 Å². The molecule has 0 aliphatic carbocycles. The third-order valence-corrected chi connectivity index (χ3v) is 1.41. The molecule has 48 valence electrons. The van der Waals surface area contributed by atoms with Crippen molar-refractivity contribution in [3.05, 3.63) is 11.6 Å². The van der Waals surface area contributed by atoms with Crippen LogP contribution in [0.25, 0.3) is 0 Å². The Bertz CT molecular complexity index is 101. The van der Waals surface area contributed by atoms with Gasteiger partial charge in [-0.1, -0.05) is 15.3 Å². The van der Waals surface area contributed by atoms with Crippen molar-refractivity contribution in [2.75, 3.05) is 0 Å². The van der Waals surface area contributed by atoms with Crippen LogP contribution in [0.3, 0.4) is 0 Å². The molecule has 0 rings (SSSR count). The number of alkyl halides is 2. The Kier molecular flexibility index (Phi) is 2.55. The highest BCUT2D eigenvalue weighted by Gasteiger charge is 2.22. The van der Waals surface area contributed by atoms with Gasteiger partial charge in [0.05, 0.1) is 0 Å². The monoisotopic (exact) mass is 138 g/mol. The van der Waals surface area contributed by atoms with Crippen molar-refractivity contribution < 1.29 is 8.78 Å². The van der Waals surface area contributed by atoms with E-state index >= 15 is 0 Å². The first-order valence-electron chi connectivity index (χ1n) is 2.28. The quantitative estimate of drug-likeness (QED) is 0.385. The van der Waals surface area contributed by atoms with Crippen molar-refractivity contribution in [3.8, 4) is 0 Å². The molecule has 0 aromatic rings. The molecule has 0 saturated heterocycles. The lowest BCUT2D eigenvalue weighted by molar-refractivity contribution is 0.146. The maximum atomic E-state index is 12.0. The van der Waals surface area contributed by atoms with Gasteiger partial charge in [0.2, 0.25) is 0 Å². The van der Waals surface area contributed by atoms with Crippen LogP contribution >= 0.6 is 9.24 Å². The van der Waals surface area contributed by atoms with Crippen molar-refractivity contribution in [3.63, 3.8) is 0 Å². The van der Waals surface area contributed by atoms with E-state index in [2.05, 4.69) is 0 Å². The third kappa shape index (κ3) is 2.37. The lowest BCUT2D eigenvalue weighted by Crippen LogP contribution is -2.04. The topological polar surface area (TPSA) is 0 Å². The van der Waals surface area contributed by atoms with E-state index in [1.807, 2.05) is 0 Å². The van der Waals surface area contributed by atoms with Crippen molar-refractivity contribution in [1.29, 1.82) is 0 Å². The summed E-state index contributed by atoms with van der Waals surface area (Å²) >= 11 is 0. The molecule has 0 radical (unpaired) electrons. The summed E-state index contributed by atoms with van der Waals surface area (Å²) in [5.74, 6) is 0. The normalized spacial score (nSPS) is 14.4. The molecule has 8 heavy (non-hydrogen) atoms. The number of hydrogen-bond acceptors (Lipinski definition) is 0. The summed E-state index contributed by atoms with van der Waals surface area (Å²) in [5.41, 5.74) is -2.63. The summed E-state index contributed by atoms with van der Waals surface area (Å²) < 4.78 is 24.0. The first kappa shape index (κ1) is 8.03. The van der Waals surface area contributed by atoms with Gasteiger partial charge in [-0.05, 0) is 19.4 Å². The zero-order valence-corrected chi connectivity index (χ0v) is 6.07. The molecule has 0 amide bonds. The maximum absolute atomic E-state index is 12.0. The number of rotatable bonds is 1. The van der Waals surface area contributed by atoms with E-state index < -0.39 is 5.66 Å². The number of allylic oxidation sites excluding steroid dienone is 2. The van der Waals surface area contributed by atoms with Crippen molar-refractivity contribution in [2.24, 2.45) is 0 Å². The zero-order chi connectivity index (χ0) is 6.78. The van der Waals surface area contributed by atoms with Crippen LogP contribution in [-0.4, -0.2) is 5.66 Å². The van der Waals surface area contributed by atoms with E-state index in [0.717, 1.165) is 0 Å². The minimum absolute atomic E-state index is 0.0856. The van der Waals surface area contributed by atoms with Gasteiger partial charge in [-0.2, -0.15) is 8.78 Å². The highest BCUT2D eigenvalue weighted by Crippen LogP contribution is 2.30. The Balaban J connectivity index is 4.03. The van der Waals surface area contributed by atoms with Gasteiger partial charge in [-0.15, -0.1) is 0 Å². The fourth-order valence-electron chi connectivity index (χ4n) is 0.192. The Labute approximate surface area is 50.2 Å². The summed E-state index contributed by atoms with van der Waals surface area (Å²) in [6, 6.07) is 0. The van der Waals surface area contributed by atoms with Gasteiger partial charge in [-0.3, -0.25) is 0 Å². The maximum Gasteiger partial charge on any atom is 0.279 e. The number of halogens is 2. The van der Waals surface area contributed by atoms with E-state index in [1.165, 1.54) is 22.2 Å². The molecule has 3 heteroatoms. The molecule has 0 aliphatic heterocycles. The lowest BCUT2D eigenvalue weighted by Gasteiger charge is -2.08. The van der Waals surface area contributed by atoms with E-state index in [0.29, 0.717) is 0 Å². The van der Waals surface area contributed by atoms with Gasteiger partial charge >= 0.3 is 0 Å². The van der Waals surface area contributed by atoms with Crippen LogP contribution in [0.1, 0.15) is 13.8 Å². The average Bonchev–Trinajstić information content (AvgIpc) is 1.62. The fraction of sp³-hybridized carbons (Fsp3) is 0.600. The molecule has 0 bridgehead atoms. The minimum Gasteiger partial charge on any atom is -0.197 e. The van der Waals surface area contributed by atoms with E-state index in [4.69, 9.17) is 0 Å². The summed E-state index contributed by atoms with van der Waals surface area (Å²) in [6.45, 7) is 2.99. The summed E-state index contributed by atoms with van der Waals surface area (Å²) in [5, 5.41) is 0. The summed E-state index contributed by atoms with van der Waals surface area (Å²) in [6.07, 6.45) is 1.40. The first-order chi connectivity index (χ1) is 3.48. The third-order valence-electron chi connectivity index (χ3n) is 0.959. The molecular formula is C5H9F2P. The first-order valence-corrected chi connectivity index (χ1v) is 2.86. The second-order valence-corrected chi connectivity index (χ2v) is 2.32. The lowest BCUT2D eigenvalue weighted by atomic mass is 10.3. The molecule has 0 saturated carbocycles. The smallest absolute Gasteiger partial charge is 0.197 e. The SMILES string of the molecule is C/C=C(\C)C(F)(F)P. The van der Waals surface area contributed by atoms with Crippen LogP contribution < -0.4 is 0 Å². The molecule has 0 aromatic carbocycles. The van der Waals surface area contributed by atoms with Gasteiger partial charge in [0, 0.05) is 0 Å². The summed E-state index contributed by atoms with van der Waals surface area (Å²) in [4.78, 5) is 0. The van der Waals surface area contributed by atoms with Gasteiger partial charge in [-0.25, -0.2) is 0 Å². The predicted octanol–water partition coefficient (Wildman–Crippen LogP) is 2.42. The van der Waals surface area contributed by atoms with Crippen molar-refractivity contribution in [1.82, 2.24) is 0 Å². The molecular weight excluding hydrogens is 129 g/mol. The Morgan fingerprint density at radius 3 is 2.00 bits per heavy atom. The molecule has 0 aromatic heterocycles.